The summed E-state index contributed by atoms with van der Waals surface area (Å²) in [5.41, 5.74) is 0. The van der Waals surface area contributed by atoms with E-state index in [9.17, 15) is 0 Å². The number of methoxy groups -OCH3 is 1. The van der Waals surface area contributed by atoms with Crippen molar-refractivity contribution in [2.75, 3.05) is 45.9 Å². The molecular weight excluding hydrogens is 208 g/mol. The Balaban J connectivity index is 2.56. The highest BCUT2D eigenvalue weighted by atomic mass is 32.2. The molecule has 0 aromatic carbocycles. The van der Waals surface area contributed by atoms with E-state index in [2.05, 4.69) is 35.6 Å². The zero-order valence-electron chi connectivity index (χ0n) is 10.7. The monoisotopic (exact) mass is 234 g/mol. The molecular formula is C11H26N2OS. The van der Waals surface area contributed by atoms with Gasteiger partial charge in [-0.15, -0.1) is 0 Å². The van der Waals surface area contributed by atoms with Crippen LogP contribution in [0.4, 0.5) is 0 Å². The van der Waals surface area contributed by atoms with Gasteiger partial charge >= 0.3 is 0 Å². The van der Waals surface area contributed by atoms with Gasteiger partial charge in [0.1, 0.15) is 0 Å². The maximum absolute atomic E-state index is 5.33. The van der Waals surface area contributed by atoms with Crippen molar-refractivity contribution in [3.05, 3.63) is 0 Å². The molecule has 1 saturated heterocycles. The highest BCUT2D eigenvalue weighted by Gasteiger charge is 2.28. The Morgan fingerprint density at radius 3 is 2.47 bits per heavy atom. The van der Waals surface area contributed by atoms with Gasteiger partial charge in [-0.3, -0.25) is 9.21 Å². The van der Waals surface area contributed by atoms with Crippen LogP contribution in [0, 0.1) is 0 Å². The molecule has 0 bridgehead atoms. The Bertz CT molecular complexity index is 187. The third-order valence-corrected chi connectivity index (χ3v) is 4.59. The lowest BCUT2D eigenvalue weighted by Gasteiger charge is -2.45. The molecule has 1 atom stereocenters. The smallest absolute Gasteiger partial charge is 0.0631 e. The van der Waals surface area contributed by atoms with Gasteiger partial charge in [0.2, 0.25) is 0 Å². The second kappa shape index (κ2) is 6.09. The summed E-state index contributed by atoms with van der Waals surface area (Å²) < 4.78 is 7.94. The number of hydrogen-bond acceptors (Lipinski definition) is 3. The molecule has 0 aliphatic carbocycles. The van der Waals surface area contributed by atoms with Crippen LogP contribution in [0.1, 0.15) is 13.8 Å². The van der Waals surface area contributed by atoms with Crippen molar-refractivity contribution in [1.82, 2.24) is 9.21 Å². The molecule has 1 fully saturated rings. The molecule has 0 aromatic rings. The third-order valence-electron chi connectivity index (χ3n) is 3.09. The number of ether oxygens (including phenoxy) is 1. The predicted molar refractivity (Wildman–Crippen MR) is 69.9 cm³/mol. The van der Waals surface area contributed by atoms with Crippen molar-refractivity contribution in [2.45, 2.75) is 25.9 Å². The minimum atomic E-state index is 0.0568. The Labute approximate surface area is 97.2 Å². The zero-order chi connectivity index (χ0) is 11.4. The summed E-state index contributed by atoms with van der Waals surface area (Å²) in [6.07, 6.45) is 4.68. The molecule has 3 nitrogen and oxygen atoms in total. The average molecular weight is 234 g/mol. The number of thiol groups is 1. The van der Waals surface area contributed by atoms with E-state index in [1.54, 1.807) is 7.11 Å². The van der Waals surface area contributed by atoms with Crippen LogP contribution < -0.4 is 0 Å². The van der Waals surface area contributed by atoms with Gasteiger partial charge < -0.3 is 4.74 Å². The minimum Gasteiger partial charge on any atom is -0.383 e. The first-order chi connectivity index (χ1) is 7.06. The van der Waals surface area contributed by atoms with Gasteiger partial charge in [0.15, 0.2) is 0 Å². The molecule has 1 aliphatic rings. The predicted octanol–water partition coefficient (Wildman–Crippen LogP) is 1.20. The zero-order valence-corrected chi connectivity index (χ0v) is 11.6. The Morgan fingerprint density at radius 2 is 2.00 bits per heavy atom. The van der Waals surface area contributed by atoms with Crippen molar-refractivity contribution in [3.8, 4) is 0 Å². The van der Waals surface area contributed by atoms with Crippen LogP contribution in [0.15, 0.2) is 0 Å². The molecule has 0 N–H and O–H groups in total. The highest BCUT2D eigenvalue weighted by molar-refractivity contribution is 8.13. The van der Waals surface area contributed by atoms with E-state index in [0.29, 0.717) is 12.1 Å². The summed E-state index contributed by atoms with van der Waals surface area (Å²) in [5.74, 6) is 0. The molecule has 1 unspecified atom stereocenters. The van der Waals surface area contributed by atoms with E-state index in [1.807, 2.05) is 0 Å². The molecule has 1 heterocycles. The van der Waals surface area contributed by atoms with Crippen LogP contribution in [-0.2, 0) is 4.74 Å². The van der Waals surface area contributed by atoms with Crippen molar-refractivity contribution >= 4 is 11.1 Å². The fourth-order valence-electron chi connectivity index (χ4n) is 2.24. The van der Waals surface area contributed by atoms with Crippen LogP contribution >= 0.6 is 11.1 Å². The Kier molecular flexibility index (Phi) is 5.39. The molecule has 0 amide bonds. The molecule has 1 aliphatic heterocycles. The average Bonchev–Trinajstić information content (AvgIpc) is 2.17. The maximum Gasteiger partial charge on any atom is 0.0631 e. The van der Waals surface area contributed by atoms with Gasteiger partial charge in [0, 0.05) is 38.8 Å². The van der Waals surface area contributed by atoms with Crippen molar-refractivity contribution in [3.63, 3.8) is 0 Å². The summed E-state index contributed by atoms with van der Waals surface area (Å²) in [6.45, 7) is 8.99. The van der Waals surface area contributed by atoms with Gasteiger partial charge in [-0.05, 0) is 26.4 Å². The van der Waals surface area contributed by atoms with Crippen LogP contribution in [0.2, 0.25) is 0 Å². The molecule has 0 saturated carbocycles. The minimum absolute atomic E-state index is 0.0568. The highest BCUT2D eigenvalue weighted by Crippen LogP contribution is 2.26. The first-order valence-electron chi connectivity index (χ1n) is 5.73. The van der Waals surface area contributed by atoms with Crippen molar-refractivity contribution in [1.29, 1.82) is 0 Å². The summed E-state index contributed by atoms with van der Waals surface area (Å²) in [4.78, 5) is 2.57. The second-order valence-electron chi connectivity index (χ2n) is 4.70. The van der Waals surface area contributed by atoms with Gasteiger partial charge in [0.05, 0.1) is 6.61 Å². The maximum atomic E-state index is 5.33. The quantitative estimate of drug-likeness (QED) is 0.736. The van der Waals surface area contributed by atoms with E-state index in [1.165, 1.54) is 19.6 Å². The first-order valence-corrected chi connectivity index (χ1v) is 7.92. The molecule has 1 rings (SSSR count). The van der Waals surface area contributed by atoms with E-state index in [-0.39, 0.29) is 11.1 Å². The van der Waals surface area contributed by atoms with Crippen molar-refractivity contribution < 1.29 is 4.74 Å². The summed E-state index contributed by atoms with van der Waals surface area (Å²) in [5, 5.41) is 0. The van der Waals surface area contributed by atoms with E-state index in [0.717, 1.165) is 6.61 Å². The lowest BCUT2D eigenvalue weighted by molar-refractivity contribution is 0.0339. The molecule has 0 spiro atoms. The SMILES string of the molecule is COCC1CN([SH](C)C)CCN1C(C)C. The number of piperazine rings is 1. The fourth-order valence-corrected chi connectivity index (χ4v) is 3.24. The van der Waals surface area contributed by atoms with E-state index < -0.39 is 0 Å². The second-order valence-corrected chi connectivity index (χ2v) is 6.96. The Morgan fingerprint density at radius 1 is 1.33 bits per heavy atom. The molecule has 0 aromatic heterocycles. The van der Waals surface area contributed by atoms with Crippen molar-refractivity contribution in [2.24, 2.45) is 0 Å². The number of rotatable bonds is 4. The topological polar surface area (TPSA) is 15.7 Å². The van der Waals surface area contributed by atoms with E-state index >= 15 is 0 Å². The number of nitrogens with zero attached hydrogens (tertiary/aromatic N) is 2. The molecule has 15 heavy (non-hydrogen) atoms. The van der Waals surface area contributed by atoms with Gasteiger partial charge in [-0.25, -0.2) is 11.1 Å². The van der Waals surface area contributed by atoms with Gasteiger partial charge in [0.25, 0.3) is 0 Å². The van der Waals surface area contributed by atoms with Crippen LogP contribution in [-0.4, -0.2) is 67.2 Å². The lowest BCUT2D eigenvalue weighted by Crippen LogP contribution is -2.55. The van der Waals surface area contributed by atoms with E-state index in [4.69, 9.17) is 4.74 Å². The largest absolute Gasteiger partial charge is 0.383 e. The number of hydrogen-bond donors (Lipinski definition) is 1. The summed E-state index contributed by atoms with van der Waals surface area (Å²) >= 11 is 0.0568. The standard InChI is InChI=1S/C11H26N2OS/c1-10(2)13-7-6-12(15(4)5)8-11(13)9-14-3/h10-11,15H,6-9H2,1-5H3. The van der Waals surface area contributed by atoms with Crippen LogP contribution in [0.3, 0.4) is 0 Å². The van der Waals surface area contributed by atoms with Gasteiger partial charge in [-0.2, -0.15) is 0 Å². The molecule has 92 valence electrons. The molecule has 0 radical (unpaired) electrons. The molecule has 4 heteroatoms. The van der Waals surface area contributed by atoms with Crippen LogP contribution in [0.5, 0.6) is 0 Å². The normalized spacial score (nSPS) is 26.0. The summed E-state index contributed by atoms with van der Waals surface area (Å²) in [7, 11) is 1.80. The van der Waals surface area contributed by atoms with Gasteiger partial charge in [-0.1, -0.05) is 0 Å². The van der Waals surface area contributed by atoms with Crippen LogP contribution in [0.25, 0.3) is 0 Å². The first kappa shape index (κ1) is 13.3. The third kappa shape index (κ3) is 3.63. The Hall–Kier alpha value is 0.230. The fraction of sp³-hybridized carbons (Fsp3) is 1.00. The summed E-state index contributed by atoms with van der Waals surface area (Å²) in [6, 6.07) is 1.21. The lowest BCUT2D eigenvalue weighted by atomic mass is 10.1.